The topological polar surface area (TPSA) is 12.0 Å². The molecular weight excluding hydrogens is 278 g/mol. The smallest absolute Gasteiger partial charge is 0.0536 e. The van der Waals surface area contributed by atoms with E-state index < -0.39 is 0 Å². The minimum absolute atomic E-state index is 0.334. The van der Waals surface area contributed by atoms with Crippen LogP contribution in [0, 0.1) is 6.92 Å². The minimum atomic E-state index is 0.334. The average Bonchev–Trinajstić information content (AvgIpc) is 2.44. The SMILES string of the molecule is CCCNC(/C1=C/CCCCCC1)c1ccc(C)c(Cl)c1. The molecule has 1 unspecified atom stereocenters. The highest BCUT2D eigenvalue weighted by molar-refractivity contribution is 6.31. The minimum Gasteiger partial charge on any atom is -0.307 e. The first-order valence-electron chi connectivity index (χ1n) is 8.40. The summed E-state index contributed by atoms with van der Waals surface area (Å²) in [6, 6.07) is 6.85. The van der Waals surface area contributed by atoms with Crippen molar-refractivity contribution >= 4 is 11.6 Å². The van der Waals surface area contributed by atoms with Crippen LogP contribution >= 0.6 is 11.6 Å². The van der Waals surface area contributed by atoms with E-state index in [0.717, 1.165) is 23.6 Å². The monoisotopic (exact) mass is 305 g/mol. The fourth-order valence-corrected chi connectivity index (χ4v) is 3.21. The zero-order chi connectivity index (χ0) is 15.1. The first-order chi connectivity index (χ1) is 10.2. The molecular formula is C19H28ClN. The molecule has 1 nitrogen and oxygen atoms in total. The molecule has 1 N–H and O–H groups in total. The maximum absolute atomic E-state index is 6.34. The summed E-state index contributed by atoms with van der Waals surface area (Å²) in [5, 5.41) is 4.60. The van der Waals surface area contributed by atoms with Crippen LogP contribution in [0.3, 0.4) is 0 Å². The number of nitrogens with one attached hydrogen (secondary N) is 1. The van der Waals surface area contributed by atoms with Crippen LogP contribution in [-0.2, 0) is 0 Å². The number of hydrogen-bond donors (Lipinski definition) is 1. The molecule has 1 aromatic rings. The van der Waals surface area contributed by atoms with Gasteiger partial charge >= 0.3 is 0 Å². The second-order valence-corrected chi connectivity index (χ2v) is 6.53. The molecule has 0 aromatic heterocycles. The number of rotatable bonds is 5. The normalized spacial score (nSPS) is 20.2. The summed E-state index contributed by atoms with van der Waals surface area (Å²) in [4.78, 5) is 0. The Bertz CT molecular complexity index is 478. The van der Waals surface area contributed by atoms with E-state index in [0.29, 0.717) is 6.04 Å². The van der Waals surface area contributed by atoms with Crippen molar-refractivity contribution in [2.45, 2.75) is 64.8 Å². The molecule has 1 aromatic carbocycles. The van der Waals surface area contributed by atoms with Crippen molar-refractivity contribution in [3.8, 4) is 0 Å². The van der Waals surface area contributed by atoms with Gasteiger partial charge in [-0.15, -0.1) is 0 Å². The largest absolute Gasteiger partial charge is 0.307 e. The summed E-state index contributed by atoms with van der Waals surface area (Å²) < 4.78 is 0. The predicted molar refractivity (Wildman–Crippen MR) is 93.0 cm³/mol. The van der Waals surface area contributed by atoms with E-state index in [2.05, 4.69) is 43.4 Å². The lowest BCUT2D eigenvalue weighted by molar-refractivity contribution is 0.540. The summed E-state index contributed by atoms with van der Waals surface area (Å²) in [7, 11) is 0. The summed E-state index contributed by atoms with van der Waals surface area (Å²) in [5.41, 5.74) is 4.02. The van der Waals surface area contributed by atoms with Gasteiger partial charge in [0.1, 0.15) is 0 Å². The fraction of sp³-hybridized carbons (Fsp3) is 0.579. The van der Waals surface area contributed by atoms with Crippen molar-refractivity contribution in [2.75, 3.05) is 6.54 Å². The number of aryl methyl sites for hydroxylation is 1. The van der Waals surface area contributed by atoms with E-state index in [1.54, 1.807) is 5.57 Å². The maximum Gasteiger partial charge on any atom is 0.0536 e. The summed E-state index contributed by atoms with van der Waals surface area (Å²) in [6.45, 7) is 5.34. The van der Waals surface area contributed by atoms with Gasteiger partial charge in [0.15, 0.2) is 0 Å². The molecule has 116 valence electrons. The van der Waals surface area contributed by atoms with Gasteiger partial charge in [0.05, 0.1) is 6.04 Å². The van der Waals surface area contributed by atoms with Crippen LogP contribution in [0.2, 0.25) is 5.02 Å². The van der Waals surface area contributed by atoms with Crippen LogP contribution in [0.1, 0.15) is 69.0 Å². The molecule has 2 rings (SSSR count). The summed E-state index contributed by atoms with van der Waals surface area (Å²) >= 11 is 6.34. The van der Waals surface area contributed by atoms with Crippen molar-refractivity contribution in [3.05, 3.63) is 46.0 Å². The van der Waals surface area contributed by atoms with Crippen LogP contribution in [0.15, 0.2) is 29.8 Å². The van der Waals surface area contributed by atoms with Crippen molar-refractivity contribution < 1.29 is 0 Å². The van der Waals surface area contributed by atoms with Gasteiger partial charge in [-0.3, -0.25) is 0 Å². The fourth-order valence-electron chi connectivity index (χ4n) is 3.02. The number of allylic oxidation sites excluding steroid dienone is 1. The van der Waals surface area contributed by atoms with Crippen LogP contribution in [0.5, 0.6) is 0 Å². The molecule has 21 heavy (non-hydrogen) atoms. The maximum atomic E-state index is 6.34. The first-order valence-corrected chi connectivity index (χ1v) is 8.78. The lowest BCUT2D eigenvalue weighted by Crippen LogP contribution is -2.24. The van der Waals surface area contributed by atoms with Gasteiger partial charge in [-0.05, 0) is 62.8 Å². The molecule has 0 amide bonds. The average molecular weight is 306 g/mol. The Morgan fingerprint density at radius 1 is 1.19 bits per heavy atom. The van der Waals surface area contributed by atoms with Crippen molar-refractivity contribution in [3.63, 3.8) is 0 Å². The molecule has 0 saturated heterocycles. The summed E-state index contributed by atoms with van der Waals surface area (Å²) in [6.07, 6.45) is 11.5. The molecule has 0 bridgehead atoms. The molecule has 1 aliphatic rings. The second-order valence-electron chi connectivity index (χ2n) is 6.13. The predicted octanol–water partition coefficient (Wildman–Crippen LogP) is 5.97. The molecule has 2 heteroatoms. The van der Waals surface area contributed by atoms with Crippen LogP contribution in [-0.4, -0.2) is 6.54 Å². The molecule has 0 radical (unpaired) electrons. The molecule has 0 heterocycles. The van der Waals surface area contributed by atoms with E-state index >= 15 is 0 Å². The number of hydrogen-bond acceptors (Lipinski definition) is 1. The highest BCUT2D eigenvalue weighted by Gasteiger charge is 2.17. The van der Waals surface area contributed by atoms with E-state index in [1.165, 1.54) is 44.1 Å². The van der Waals surface area contributed by atoms with E-state index in [9.17, 15) is 0 Å². The highest BCUT2D eigenvalue weighted by atomic mass is 35.5. The Kier molecular flexibility index (Phi) is 6.79. The summed E-state index contributed by atoms with van der Waals surface area (Å²) in [5.74, 6) is 0. The van der Waals surface area contributed by atoms with E-state index in [1.807, 2.05) is 0 Å². The second kappa shape index (κ2) is 8.60. The van der Waals surface area contributed by atoms with Crippen molar-refractivity contribution in [1.82, 2.24) is 5.32 Å². The molecule has 0 fully saturated rings. The highest BCUT2D eigenvalue weighted by Crippen LogP contribution is 2.31. The Hall–Kier alpha value is -0.790. The Morgan fingerprint density at radius 3 is 2.76 bits per heavy atom. The van der Waals surface area contributed by atoms with Crippen molar-refractivity contribution in [2.24, 2.45) is 0 Å². The van der Waals surface area contributed by atoms with Crippen LogP contribution in [0.4, 0.5) is 0 Å². The van der Waals surface area contributed by atoms with Gasteiger partial charge in [0.2, 0.25) is 0 Å². The van der Waals surface area contributed by atoms with E-state index in [-0.39, 0.29) is 0 Å². The molecule has 1 aliphatic carbocycles. The van der Waals surface area contributed by atoms with Gasteiger partial charge in [0.25, 0.3) is 0 Å². The zero-order valence-electron chi connectivity index (χ0n) is 13.4. The third-order valence-corrected chi connectivity index (χ3v) is 4.73. The molecule has 0 spiro atoms. The van der Waals surface area contributed by atoms with Crippen LogP contribution in [0.25, 0.3) is 0 Å². The van der Waals surface area contributed by atoms with Gasteiger partial charge < -0.3 is 5.32 Å². The first kappa shape index (κ1) is 16.6. The van der Waals surface area contributed by atoms with Gasteiger partial charge in [-0.2, -0.15) is 0 Å². The Labute approximate surface area is 134 Å². The number of halogens is 1. The Balaban J connectivity index is 2.25. The third-order valence-electron chi connectivity index (χ3n) is 4.32. The van der Waals surface area contributed by atoms with E-state index in [4.69, 9.17) is 11.6 Å². The molecule has 1 atom stereocenters. The van der Waals surface area contributed by atoms with Gasteiger partial charge in [0, 0.05) is 5.02 Å². The Morgan fingerprint density at radius 2 is 2.00 bits per heavy atom. The number of benzene rings is 1. The lowest BCUT2D eigenvalue weighted by atomic mass is 9.90. The lowest BCUT2D eigenvalue weighted by Gasteiger charge is -2.24. The zero-order valence-corrected chi connectivity index (χ0v) is 14.2. The van der Waals surface area contributed by atoms with Gasteiger partial charge in [-0.1, -0.05) is 55.1 Å². The standard InChI is InChI=1S/C19H28ClN/c1-3-13-21-19(16-9-7-5-4-6-8-10-16)17-12-11-15(2)18(20)14-17/h9,11-12,14,19,21H,3-8,10,13H2,1-2H3/b16-9+. The molecule has 0 saturated carbocycles. The quantitative estimate of drug-likeness (QED) is 0.661. The van der Waals surface area contributed by atoms with Gasteiger partial charge in [-0.25, -0.2) is 0 Å². The van der Waals surface area contributed by atoms with Crippen LogP contribution < -0.4 is 5.32 Å². The third kappa shape index (κ3) is 4.86. The van der Waals surface area contributed by atoms with Crippen molar-refractivity contribution in [1.29, 1.82) is 0 Å². The molecule has 0 aliphatic heterocycles.